The number of thiophene rings is 1. The fourth-order valence-corrected chi connectivity index (χ4v) is 5.64. The van der Waals surface area contributed by atoms with Crippen LogP contribution in [0.2, 0.25) is 8.67 Å². The normalized spacial score (nSPS) is 15.5. The molecular formula is C18H20Cl2N2O5S2. The van der Waals surface area contributed by atoms with Crippen molar-refractivity contribution in [1.29, 1.82) is 0 Å². The van der Waals surface area contributed by atoms with E-state index in [1.807, 2.05) is 13.8 Å². The molecule has 1 fully saturated rings. The molecule has 0 aliphatic carbocycles. The van der Waals surface area contributed by atoms with Gasteiger partial charge in [0.15, 0.2) is 0 Å². The molecule has 158 valence electrons. The maximum absolute atomic E-state index is 13.0. The Kier molecular flexibility index (Phi) is 7.08. The number of amides is 1. The van der Waals surface area contributed by atoms with Crippen molar-refractivity contribution in [3.8, 4) is 5.75 Å². The number of anilines is 1. The zero-order valence-electron chi connectivity index (χ0n) is 15.8. The van der Waals surface area contributed by atoms with Gasteiger partial charge < -0.3 is 14.8 Å². The maximum atomic E-state index is 13.0. The van der Waals surface area contributed by atoms with Gasteiger partial charge in [-0.3, -0.25) is 4.79 Å². The van der Waals surface area contributed by atoms with Crippen LogP contribution in [0.25, 0.3) is 0 Å². The van der Waals surface area contributed by atoms with Crippen molar-refractivity contribution >= 4 is 56.2 Å². The average Bonchev–Trinajstić information content (AvgIpc) is 3.01. The summed E-state index contributed by atoms with van der Waals surface area (Å²) in [6, 6.07) is 5.85. The van der Waals surface area contributed by atoms with Crippen molar-refractivity contribution in [2.75, 3.05) is 31.6 Å². The van der Waals surface area contributed by atoms with E-state index >= 15 is 0 Å². The van der Waals surface area contributed by atoms with Gasteiger partial charge in [0.2, 0.25) is 10.0 Å². The molecule has 0 bridgehead atoms. The highest BCUT2D eigenvalue weighted by Crippen LogP contribution is 2.34. The van der Waals surface area contributed by atoms with Crippen molar-refractivity contribution in [2.45, 2.75) is 24.8 Å². The summed E-state index contributed by atoms with van der Waals surface area (Å²) in [5, 5.41) is 2.69. The van der Waals surface area contributed by atoms with Gasteiger partial charge in [-0.1, -0.05) is 23.2 Å². The van der Waals surface area contributed by atoms with Crippen molar-refractivity contribution < 1.29 is 22.7 Å². The predicted octanol–water partition coefficient (Wildman–Crippen LogP) is 4.12. The minimum Gasteiger partial charge on any atom is -0.489 e. The summed E-state index contributed by atoms with van der Waals surface area (Å²) >= 11 is 13.1. The summed E-state index contributed by atoms with van der Waals surface area (Å²) in [7, 11) is -3.73. The second-order valence-corrected chi connectivity index (χ2v) is 10.8. The molecule has 1 aromatic carbocycles. The van der Waals surface area contributed by atoms with Crippen LogP contribution in [-0.2, 0) is 14.8 Å². The second-order valence-electron chi connectivity index (χ2n) is 6.53. The van der Waals surface area contributed by atoms with E-state index in [9.17, 15) is 13.2 Å². The van der Waals surface area contributed by atoms with E-state index in [1.165, 1.54) is 28.6 Å². The third-order valence-corrected chi connectivity index (χ3v) is 7.45. The third-order valence-electron chi connectivity index (χ3n) is 4.07. The molecule has 0 radical (unpaired) electrons. The first-order chi connectivity index (χ1) is 13.7. The van der Waals surface area contributed by atoms with Gasteiger partial charge in [0.25, 0.3) is 5.91 Å². The molecule has 2 heterocycles. The van der Waals surface area contributed by atoms with Crippen molar-refractivity contribution in [1.82, 2.24) is 4.31 Å². The molecule has 0 saturated carbocycles. The predicted molar refractivity (Wildman–Crippen MR) is 114 cm³/mol. The lowest BCUT2D eigenvalue weighted by Crippen LogP contribution is -2.40. The van der Waals surface area contributed by atoms with E-state index in [0.717, 1.165) is 11.3 Å². The largest absolute Gasteiger partial charge is 0.489 e. The van der Waals surface area contributed by atoms with Crippen LogP contribution in [0.1, 0.15) is 24.2 Å². The monoisotopic (exact) mass is 478 g/mol. The van der Waals surface area contributed by atoms with Gasteiger partial charge in [-0.25, -0.2) is 8.42 Å². The van der Waals surface area contributed by atoms with E-state index in [-0.39, 0.29) is 39.7 Å². The summed E-state index contributed by atoms with van der Waals surface area (Å²) < 4.78 is 38.9. The Morgan fingerprint density at radius 3 is 2.52 bits per heavy atom. The van der Waals surface area contributed by atoms with Gasteiger partial charge in [0.05, 0.1) is 39.8 Å². The summed E-state index contributed by atoms with van der Waals surface area (Å²) in [6.07, 6.45) is -0.175. The zero-order chi connectivity index (χ0) is 21.2. The van der Waals surface area contributed by atoms with Crippen LogP contribution in [0.5, 0.6) is 5.75 Å². The first-order valence-electron chi connectivity index (χ1n) is 8.83. The lowest BCUT2D eigenvalue weighted by atomic mass is 10.2. The van der Waals surface area contributed by atoms with Gasteiger partial charge in [0.1, 0.15) is 10.1 Å². The number of ether oxygens (including phenoxy) is 2. The lowest BCUT2D eigenvalue weighted by Gasteiger charge is -2.26. The number of sulfonamides is 1. The zero-order valence-corrected chi connectivity index (χ0v) is 18.9. The highest BCUT2D eigenvalue weighted by molar-refractivity contribution is 7.89. The Hall–Kier alpha value is -1.36. The number of hydrogen-bond acceptors (Lipinski definition) is 6. The molecule has 1 saturated heterocycles. The average molecular weight is 479 g/mol. The summed E-state index contributed by atoms with van der Waals surface area (Å²) in [5.74, 6) is -0.153. The van der Waals surface area contributed by atoms with Crippen molar-refractivity contribution in [3.05, 3.63) is 38.5 Å². The molecule has 1 aliphatic rings. The maximum Gasteiger partial charge on any atom is 0.258 e. The number of morpholine rings is 1. The number of nitrogens with one attached hydrogen (secondary N) is 1. The van der Waals surface area contributed by atoms with Crippen LogP contribution in [0.15, 0.2) is 29.2 Å². The van der Waals surface area contributed by atoms with Gasteiger partial charge in [0, 0.05) is 13.1 Å². The summed E-state index contributed by atoms with van der Waals surface area (Å²) in [6.45, 7) is 4.90. The molecule has 3 rings (SSSR count). The Labute approximate surface area is 183 Å². The molecule has 1 aromatic heterocycles. The molecule has 0 atom stereocenters. The van der Waals surface area contributed by atoms with Gasteiger partial charge in [-0.2, -0.15) is 4.31 Å². The number of nitrogens with zero attached hydrogens (tertiary/aromatic N) is 1. The fraction of sp³-hybridized carbons (Fsp3) is 0.389. The van der Waals surface area contributed by atoms with Crippen molar-refractivity contribution in [3.63, 3.8) is 0 Å². The molecule has 0 unspecified atom stereocenters. The molecule has 7 nitrogen and oxygen atoms in total. The number of carbonyl (C=O) groups is 1. The summed E-state index contributed by atoms with van der Waals surface area (Å²) in [4.78, 5) is 12.7. The molecule has 0 spiro atoms. The van der Waals surface area contributed by atoms with Gasteiger partial charge in [-0.15, -0.1) is 11.3 Å². The Morgan fingerprint density at radius 1 is 1.24 bits per heavy atom. The van der Waals surface area contributed by atoms with Crippen LogP contribution < -0.4 is 10.1 Å². The highest BCUT2D eigenvalue weighted by atomic mass is 35.5. The van der Waals surface area contributed by atoms with Crippen LogP contribution in [0.3, 0.4) is 0 Å². The quantitative estimate of drug-likeness (QED) is 0.674. The second kappa shape index (κ2) is 9.20. The molecule has 1 amide bonds. The number of carbonyl (C=O) groups excluding carboxylic acids is 1. The fourth-order valence-electron chi connectivity index (χ4n) is 2.74. The van der Waals surface area contributed by atoms with E-state index in [4.69, 9.17) is 32.7 Å². The Balaban J connectivity index is 1.95. The highest BCUT2D eigenvalue weighted by Gasteiger charge is 2.28. The van der Waals surface area contributed by atoms with E-state index in [1.54, 1.807) is 0 Å². The minimum absolute atomic E-state index is 0.0558. The number of halogens is 2. The number of hydrogen-bond donors (Lipinski definition) is 1. The molecule has 29 heavy (non-hydrogen) atoms. The molecule has 1 N–H and O–H groups in total. The molecular weight excluding hydrogens is 459 g/mol. The summed E-state index contributed by atoms with van der Waals surface area (Å²) in [5.41, 5.74) is 0.440. The first-order valence-corrected chi connectivity index (χ1v) is 11.8. The van der Waals surface area contributed by atoms with Gasteiger partial charge >= 0.3 is 0 Å². The van der Waals surface area contributed by atoms with E-state index in [2.05, 4.69) is 5.32 Å². The SMILES string of the molecule is CC(C)Oc1ccc(S(=O)(=O)N2CCOCC2)cc1NC(=O)c1cc(Cl)sc1Cl. The third kappa shape index (κ3) is 5.22. The minimum atomic E-state index is -3.73. The Morgan fingerprint density at radius 2 is 1.93 bits per heavy atom. The van der Waals surface area contributed by atoms with E-state index < -0.39 is 15.9 Å². The molecule has 2 aromatic rings. The van der Waals surface area contributed by atoms with E-state index in [0.29, 0.717) is 23.3 Å². The van der Waals surface area contributed by atoms with Crippen LogP contribution in [0, 0.1) is 0 Å². The first kappa shape index (κ1) is 22.3. The standard InChI is InChI=1S/C18H20Cl2N2O5S2/c1-11(2)27-15-4-3-12(29(24,25)22-5-7-26-8-6-22)9-14(15)21-18(23)13-10-16(19)28-17(13)20/h3-4,9-11H,5-8H2,1-2H3,(H,21,23). The van der Waals surface area contributed by atoms with Crippen LogP contribution in [0.4, 0.5) is 5.69 Å². The molecule has 11 heteroatoms. The number of benzene rings is 1. The van der Waals surface area contributed by atoms with Crippen molar-refractivity contribution in [2.24, 2.45) is 0 Å². The smallest absolute Gasteiger partial charge is 0.258 e. The van der Waals surface area contributed by atoms with Crippen LogP contribution in [-0.4, -0.2) is 51.0 Å². The van der Waals surface area contributed by atoms with Crippen LogP contribution >= 0.6 is 34.5 Å². The topological polar surface area (TPSA) is 84.9 Å². The molecule has 1 aliphatic heterocycles. The van der Waals surface area contributed by atoms with Gasteiger partial charge in [-0.05, 0) is 38.1 Å². The Bertz CT molecular complexity index is 1000. The lowest BCUT2D eigenvalue weighted by molar-refractivity contribution is 0.0730. The number of rotatable bonds is 6.